The van der Waals surface area contributed by atoms with Gasteiger partial charge < -0.3 is 29.7 Å². The average Bonchev–Trinajstić information content (AvgIpc) is 3.02. The third-order valence-corrected chi connectivity index (χ3v) is 6.46. The molecule has 4 aromatic carbocycles. The number of rotatable bonds is 16. The molecule has 0 aliphatic rings. The molecule has 3 N–H and O–H groups in total. The topological polar surface area (TPSA) is 131 Å². The molecule has 0 unspecified atom stereocenters. The van der Waals surface area contributed by atoms with Crippen molar-refractivity contribution in [2.24, 2.45) is 0 Å². The van der Waals surface area contributed by atoms with Crippen LogP contribution in [0.25, 0.3) is 0 Å². The Morgan fingerprint density at radius 1 is 0.605 bits per heavy atom. The van der Waals surface area contributed by atoms with E-state index in [1.807, 2.05) is 54.6 Å². The number of carbonyl (C=O) groups excluding carboxylic acids is 1. The van der Waals surface area contributed by atoms with Gasteiger partial charge in [0.15, 0.2) is 0 Å². The van der Waals surface area contributed by atoms with Gasteiger partial charge in [0.25, 0.3) is 5.91 Å². The Balaban J connectivity index is 1.27. The third-order valence-electron chi connectivity index (χ3n) is 6.46. The lowest BCUT2D eigenvalue weighted by atomic mass is 10.1. The molecule has 0 aliphatic carbocycles. The lowest BCUT2D eigenvalue weighted by molar-refractivity contribution is 0.0686. The van der Waals surface area contributed by atoms with Crippen molar-refractivity contribution >= 4 is 23.5 Å². The van der Waals surface area contributed by atoms with E-state index in [1.54, 1.807) is 12.1 Å². The highest BCUT2D eigenvalue weighted by atomic mass is 16.5. The van der Waals surface area contributed by atoms with Crippen LogP contribution in [0.5, 0.6) is 17.2 Å². The van der Waals surface area contributed by atoms with Gasteiger partial charge in [-0.1, -0.05) is 42.5 Å². The van der Waals surface area contributed by atoms with Crippen molar-refractivity contribution in [1.82, 2.24) is 0 Å². The molecule has 0 saturated carbocycles. The Labute approximate surface area is 249 Å². The van der Waals surface area contributed by atoms with Gasteiger partial charge in [-0.15, -0.1) is 0 Å². The number of anilines is 1. The molecular formula is C34H33NO8. The SMILES string of the molecule is O=C(O)c1ccc(OCCCc2cccc(OCCCCOc3ccccc3)c2)c(C(=O)Nc2ccccc2C(=O)O)c1. The minimum Gasteiger partial charge on any atom is -0.494 e. The molecule has 0 aliphatic heterocycles. The Bertz CT molecular complexity index is 1540. The molecule has 0 saturated heterocycles. The van der Waals surface area contributed by atoms with Crippen LogP contribution in [0.1, 0.15) is 55.9 Å². The van der Waals surface area contributed by atoms with Crippen molar-refractivity contribution in [2.75, 3.05) is 25.1 Å². The number of amides is 1. The van der Waals surface area contributed by atoms with E-state index in [0.29, 0.717) is 26.1 Å². The molecule has 4 rings (SSSR count). The first kappa shape index (κ1) is 30.6. The summed E-state index contributed by atoms with van der Waals surface area (Å²) >= 11 is 0. The van der Waals surface area contributed by atoms with Gasteiger partial charge in [0, 0.05) is 0 Å². The minimum atomic E-state index is -1.20. The predicted octanol–water partition coefficient (Wildman–Crippen LogP) is 6.58. The van der Waals surface area contributed by atoms with Crippen LogP contribution in [0.2, 0.25) is 0 Å². The largest absolute Gasteiger partial charge is 0.494 e. The number of carboxylic acid groups (broad SMARTS) is 2. The summed E-state index contributed by atoms with van der Waals surface area (Å²) in [5.74, 6) is -1.23. The number of carbonyl (C=O) groups is 3. The van der Waals surface area contributed by atoms with Gasteiger partial charge in [0.05, 0.1) is 42.2 Å². The van der Waals surface area contributed by atoms with E-state index in [2.05, 4.69) is 5.32 Å². The number of hydrogen-bond donors (Lipinski definition) is 3. The van der Waals surface area contributed by atoms with E-state index in [-0.39, 0.29) is 34.7 Å². The first-order valence-corrected chi connectivity index (χ1v) is 13.9. The summed E-state index contributed by atoms with van der Waals surface area (Å²) in [4.78, 5) is 36.2. The van der Waals surface area contributed by atoms with Crippen molar-refractivity contribution in [1.29, 1.82) is 0 Å². The molecule has 1 amide bonds. The molecule has 4 aromatic rings. The number of aromatic carboxylic acids is 2. The molecule has 43 heavy (non-hydrogen) atoms. The fourth-order valence-corrected chi connectivity index (χ4v) is 4.28. The molecular weight excluding hydrogens is 550 g/mol. The van der Waals surface area contributed by atoms with Crippen molar-refractivity contribution < 1.29 is 38.8 Å². The zero-order valence-corrected chi connectivity index (χ0v) is 23.5. The summed E-state index contributed by atoms with van der Waals surface area (Å²) in [6.45, 7) is 1.48. The van der Waals surface area contributed by atoms with Crippen LogP contribution in [0.3, 0.4) is 0 Å². The number of hydrogen-bond acceptors (Lipinski definition) is 6. The van der Waals surface area contributed by atoms with Crippen LogP contribution in [0.4, 0.5) is 5.69 Å². The predicted molar refractivity (Wildman–Crippen MR) is 162 cm³/mol. The van der Waals surface area contributed by atoms with Crippen LogP contribution in [-0.4, -0.2) is 47.9 Å². The fraction of sp³-hybridized carbons (Fsp3) is 0.206. The third kappa shape index (κ3) is 9.36. The Kier molecular flexibility index (Phi) is 11.1. The zero-order chi connectivity index (χ0) is 30.4. The van der Waals surface area contributed by atoms with Gasteiger partial charge in [-0.2, -0.15) is 0 Å². The summed E-state index contributed by atoms with van der Waals surface area (Å²) in [6.07, 6.45) is 3.07. The Hall–Kier alpha value is -5.31. The van der Waals surface area contributed by atoms with Crippen molar-refractivity contribution in [3.8, 4) is 17.2 Å². The number of nitrogens with one attached hydrogen (secondary N) is 1. The minimum absolute atomic E-state index is 0.00958. The second kappa shape index (κ2) is 15.6. The second-order valence-corrected chi connectivity index (χ2v) is 9.64. The van der Waals surface area contributed by atoms with Crippen molar-refractivity contribution in [3.05, 3.63) is 119 Å². The fourth-order valence-electron chi connectivity index (χ4n) is 4.28. The van der Waals surface area contributed by atoms with Gasteiger partial charge >= 0.3 is 11.9 Å². The molecule has 9 nitrogen and oxygen atoms in total. The number of ether oxygens (including phenoxy) is 3. The first-order valence-electron chi connectivity index (χ1n) is 13.9. The highest BCUT2D eigenvalue weighted by Crippen LogP contribution is 2.24. The number of para-hydroxylation sites is 2. The molecule has 0 heterocycles. The zero-order valence-electron chi connectivity index (χ0n) is 23.5. The number of aryl methyl sites for hydroxylation is 1. The normalized spacial score (nSPS) is 10.5. The smallest absolute Gasteiger partial charge is 0.337 e. The van der Waals surface area contributed by atoms with Gasteiger partial charge in [0.2, 0.25) is 0 Å². The molecule has 0 bridgehead atoms. The van der Waals surface area contributed by atoms with E-state index in [1.165, 1.54) is 30.3 Å². The lowest BCUT2D eigenvalue weighted by Crippen LogP contribution is -2.17. The van der Waals surface area contributed by atoms with Crippen LogP contribution < -0.4 is 19.5 Å². The summed E-state index contributed by atoms with van der Waals surface area (Å²) in [6, 6.07) is 27.5. The summed E-state index contributed by atoms with van der Waals surface area (Å²) in [5, 5.41) is 21.4. The van der Waals surface area contributed by atoms with Gasteiger partial charge in [-0.3, -0.25) is 4.79 Å². The van der Waals surface area contributed by atoms with E-state index < -0.39 is 17.8 Å². The molecule has 0 radical (unpaired) electrons. The maximum absolute atomic E-state index is 13.1. The van der Waals surface area contributed by atoms with Crippen LogP contribution in [0.15, 0.2) is 97.1 Å². The molecule has 9 heteroatoms. The van der Waals surface area contributed by atoms with E-state index >= 15 is 0 Å². The van der Waals surface area contributed by atoms with E-state index in [4.69, 9.17) is 14.2 Å². The lowest BCUT2D eigenvalue weighted by Gasteiger charge is -2.14. The van der Waals surface area contributed by atoms with Crippen molar-refractivity contribution in [3.63, 3.8) is 0 Å². The summed E-state index contributed by atoms with van der Waals surface area (Å²) < 4.78 is 17.5. The molecule has 222 valence electrons. The number of unbranched alkanes of at least 4 members (excludes halogenated alkanes) is 1. The monoisotopic (exact) mass is 583 g/mol. The van der Waals surface area contributed by atoms with Crippen LogP contribution >= 0.6 is 0 Å². The Morgan fingerprint density at radius 3 is 2.02 bits per heavy atom. The molecule has 0 fully saturated rings. The molecule has 0 spiro atoms. The Morgan fingerprint density at radius 2 is 1.28 bits per heavy atom. The maximum atomic E-state index is 13.1. The average molecular weight is 584 g/mol. The van der Waals surface area contributed by atoms with E-state index in [9.17, 15) is 24.6 Å². The van der Waals surface area contributed by atoms with Crippen LogP contribution in [-0.2, 0) is 6.42 Å². The quantitative estimate of drug-likeness (QED) is 0.126. The van der Waals surface area contributed by atoms with E-state index in [0.717, 1.165) is 29.9 Å². The first-order chi connectivity index (χ1) is 20.9. The summed E-state index contributed by atoms with van der Waals surface area (Å²) in [7, 11) is 0. The van der Waals surface area contributed by atoms with Gasteiger partial charge in [0.1, 0.15) is 17.2 Å². The van der Waals surface area contributed by atoms with Crippen molar-refractivity contribution in [2.45, 2.75) is 25.7 Å². The number of benzene rings is 4. The number of carboxylic acids is 2. The maximum Gasteiger partial charge on any atom is 0.337 e. The highest BCUT2D eigenvalue weighted by molar-refractivity contribution is 6.10. The van der Waals surface area contributed by atoms with Crippen LogP contribution in [0, 0.1) is 0 Å². The van der Waals surface area contributed by atoms with Gasteiger partial charge in [-0.25, -0.2) is 9.59 Å². The standard InChI is InChI=1S/C34H33NO8/c36-32(35-30-16-5-4-15-28(30)34(39)40)29-23-25(33(37)38)17-18-31(29)43-21-9-11-24-10-8-14-27(22-24)42-20-7-6-19-41-26-12-2-1-3-13-26/h1-5,8,10,12-18,22-23H,6-7,9,11,19-21H2,(H,35,36)(H,37,38)(H,39,40). The summed E-state index contributed by atoms with van der Waals surface area (Å²) in [5.41, 5.74) is 0.970. The van der Waals surface area contributed by atoms with Gasteiger partial charge in [-0.05, 0) is 85.8 Å². The molecule has 0 aromatic heterocycles. The second-order valence-electron chi connectivity index (χ2n) is 9.64. The molecule has 0 atom stereocenters. The highest BCUT2D eigenvalue weighted by Gasteiger charge is 2.19.